The Morgan fingerprint density at radius 3 is 2.39 bits per heavy atom. The summed E-state index contributed by atoms with van der Waals surface area (Å²) in [6, 6.07) is 5.23. The average Bonchev–Trinajstić information content (AvgIpc) is 2.46. The molecule has 2 aromatic rings. The second kappa shape index (κ2) is 7.01. The SMILES string of the molecule is CC([As]c1c(NCc2ccc(Cl)cc2Cl)c(=O)c1=O)C(C)(C)C. The van der Waals surface area contributed by atoms with Crippen LogP contribution in [-0.4, -0.2) is 15.8 Å². The third-order valence-corrected chi connectivity index (χ3v) is 8.39. The summed E-state index contributed by atoms with van der Waals surface area (Å²) in [4.78, 5) is 23.7. The zero-order valence-electron chi connectivity index (χ0n) is 13.5. The van der Waals surface area contributed by atoms with Gasteiger partial charge in [0.1, 0.15) is 0 Å². The van der Waals surface area contributed by atoms with Crippen molar-refractivity contribution in [2.75, 3.05) is 5.32 Å². The summed E-state index contributed by atoms with van der Waals surface area (Å²) in [6.45, 7) is 8.99. The van der Waals surface area contributed by atoms with Gasteiger partial charge < -0.3 is 0 Å². The first kappa shape index (κ1) is 18.6. The zero-order chi connectivity index (χ0) is 17.4. The van der Waals surface area contributed by atoms with Crippen molar-refractivity contribution in [3.05, 3.63) is 54.3 Å². The van der Waals surface area contributed by atoms with Crippen LogP contribution < -0.4 is 20.5 Å². The zero-order valence-corrected chi connectivity index (χ0v) is 16.9. The Hall–Kier alpha value is -0.762. The van der Waals surface area contributed by atoms with E-state index in [1.165, 1.54) is 0 Å². The molecule has 123 valence electrons. The summed E-state index contributed by atoms with van der Waals surface area (Å²) in [5.74, 6) is 0. The summed E-state index contributed by atoms with van der Waals surface area (Å²) in [5, 5.41) is 4.20. The van der Waals surface area contributed by atoms with Gasteiger partial charge in [-0.2, -0.15) is 0 Å². The number of nitrogens with one attached hydrogen (secondary N) is 1. The fraction of sp³-hybridized carbons (Fsp3) is 0.412. The van der Waals surface area contributed by atoms with Gasteiger partial charge in [0.05, 0.1) is 0 Å². The monoisotopic (exact) mass is 414 g/mol. The van der Waals surface area contributed by atoms with Crippen LogP contribution in [0.2, 0.25) is 14.8 Å². The Labute approximate surface area is 152 Å². The molecule has 2 aromatic carbocycles. The van der Waals surface area contributed by atoms with Crippen molar-refractivity contribution in [1.29, 1.82) is 0 Å². The van der Waals surface area contributed by atoms with Crippen molar-refractivity contribution < 1.29 is 0 Å². The van der Waals surface area contributed by atoms with Gasteiger partial charge in [0.15, 0.2) is 0 Å². The van der Waals surface area contributed by atoms with Crippen LogP contribution in [0, 0.1) is 5.41 Å². The molecule has 1 unspecified atom stereocenters. The van der Waals surface area contributed by atoms with Crippen molar-refractivity contribution in [3.8, 4) is 0 Å². The van der Waals surface area contributed by atoms with Gasteiger partial charge in [0.2, 0.25) is 0 Å². The van der Waals surface area contributed by atoms with Crippen LogP contribution in [0.15, 0.2) is 27.8 Å². The molecular weight excluding hydrogens is 396 g/mol. The maximum atomic E-state index is 11.9. The molecule has 0 aromatic heterocycles. The number of halogens is 2. The van der Waals surface area contributed by atoms with Gasteiger partial charge in [-0.15, -0.1) is 0 Å². The summed E-state index contributed by atoms with van der Waals surface area (Å²) in [6.07, 6.45) is 0. The van der Waals surface area contributed by atoms with E-state index in [9.17, 15) is 9.59 Å². The minimum atomic E-state index is -0.415. The van der Waals surface area contributed by atoms with Crippen LogP contribution in [0.4, 0.5) is 5.69 Å². The fourth-order valence-electron chi connectivity index (χ4n) is 1.90. The van der Waals surface area contributed by atoms with Crippen LogP contribution in [0.1, 0.15) is 33.3 Å². The summed E-state index contributed by atoms with van der Waals surface area (Å²) >= 11 is 11.7. The number of hydrogen-bond acceptors (Lipinski definition) is 3. The van der Waals surface area contributed by atoms with Gasteiger partial charge in [0.25, 0.3) is 0 Å². The first-order valence-electron chi connectivity index (χ1n) is 7.33. The Bertz CT molecular complexity index is 789. The van der Waals surface area contributed by atoms with Crippen LogP contribution in [0.25, 0.3) is 0 Å². The minimum absolute atomic E-state index is 0.122. The number of anilines is 1. The molecule has 0 aliphatic heterocycles. The average molecular weight is 415 g/mol. The van der Waals surface area contributed by atoms with E-state index >= 15 is 0 Å². The molecule has 3 nitrogen and oxygen atoms in total. The summed E-state index contributed by atoms with van der Waals surface area (Å²) in [7, 11) is 0. The quantitative estimate of drug-likeness (QED) is 0.602. The Morgan fingerprint density at radius 1 is 1.17 bits per heavy atom. The summed E-state index contributed by atoms with van der Waals surface area (Å²) in [5.41, 5.74) is 0.691. The molecule has 0 heterocycles. The molecular formula is C17H19AsCl2NO2. The van der Waals surface area contributed by atoms with E-state index in [0.717, 1.165) is 5.56 Å². The van der Waals surface area contributed by atoms with E-state index in [0.29, 0.717) is 31.3 Å². The normalized spacial score (nSPS) is 13.8. The molecule has 0 amide bonds. The van der Waals surface area contributed by atoms with E-state index in [2.05, 4.69) is 33.0 Å². The van der Waals surface area contributed by atoms with E-state index in [1.54, 1.807) is 12.1 Å². The first-order valence-corrected chi connectivity index (χ1v) is 10.1. The Balaban J connectivity index is 2.14. The number of benzene rings is 1. The van der Waals surface area contributed by atoms with E-state index in [-0.39, 0.29) is 26.6 Å². The molecule has 0 saturated heterocycles. The van der Waals surface area contributed by atoms with Gasteiger partial charge in [-0.3, -0.25) is 0 Å². The van der Waals surface area contributed by atoms with Crippen LogP contribution in [0.5, 0.6) is 0 Å². The van der Waals surface area contributed by atoms with Crippen molar-refractivity contribution >= 4 is 49.0 Å². The molecule has 1 radical (unpaired) electrons. The van der Waals surface area contributed by atoms with E-state index in [4.69, 9.17) is 23.2 Å². The fourth-order valence-corrected chi connectivity index (χ4v) is 5.11. The van der Waals surface area contributed by atoms with Gasteiger partial charge in [-0.05, 0) is 0 Å². The topological polar surface area (TPSA) is 46.2 Å². The van der Waals surface area contributed by atoms with Crippen molar-refractivity contribution in [1.82, 2.24) is 0 Å². The third-order valence-electron chi connectivity index (χ3n) is 3.93. The molecule has 0 saturated carbocycles. The molecule has 0 aliphatic rings. The van der Waals surface area contributed by atoms with E-state index in [1.807, 2.05) is 6.07 Å². The van der Waals surface area contributed by atoms with Crippen molar-refractivity contribution in [2.45, 2.75) is 38.9 Å². The molecule has 0 spiro atoms. The maximum absolute atomic E-state index is 11.9. The Kier molecular flexibility index (Phi) is 5.66. The molecule has 0 aliphatic carbocycles. The Morgan fingerprint density at radius 2 is 1.83 bits per heavy atom. The predicted octanol–water partition coefficient (Wildman–Crippen LogP) is 3.39. The second-order valence-electron chi connectivity index (χ2n) is 6.64. The molecule has 6 heteroatoms. The second-order valence-corrected chi connectivity index (χ2v) is 10.6. The molecule has 1 atom stereocenters. The summed E-state index contributed by atoms with van der Waals surface area (Å²) < 4.78 is 1.08. The van der Waals surface area contributed by atoms with Gasteiger partial charge in [-0.1, -0.05) is 0 Å². The standard InChI is InChI=1S/C17H19AsCl2NO2/c1-9(17(2,3)4)18-13-14(16(23)15(13)22)21-8-10-5-6-11(19)7-12(10)20/h5-7,9,21H,8H2,1-4H3. The van der Waals surface area contributed by atoms with Crippen LogP contribution >= 0.6 is 23.2 Å². The number of rotatable bonds is 5. The van der Waals surface area contributed by atoms with Gasteiger partial charge in [-0.25, -0.2) is 0 Å². The molecule has 1 N–H and O–H groups in total. The first-order chi connectivity index (χ1) is 10.6. The van der Waals surface area contributed by atoms with Crippen molar-refractivity contribution in [2.24, 2.45) is 5.41 Å². The number of hydrogen-bond donors (Lipinski definition) is 1. The van der Waals surface area contributed by atoms with E-state index < -0.39 is 5.43 Å². The predicted molar refractivity (Wildman–Crippen MR) is 99.4 cm³/mol. The van der Waals surface area contributed by atoms with Crippen LogP contribution in [-0.2, 0) is 6.54 Å². The molecule has 23 heavy (non-hydrogen) atoms. The van der Waals surface area contributed by atoms with Crippen LogP contribution in [0.3, 0.4) is 0 Å². The van der Waals surface area contributed by atoms with Gasteiger partial charge in [0, 0.05) is 0 Å². The molecule has 0 fully saturated rings. The third kappa shape index (κ3) is 4.20. The molecule has 0 bridgehead atoms. The van der Waals surface area contributed by atoms with Gasteiger partial charge >= 0.3 is 153 Å². The molecule has 2 rings (SSSR count). The van der Waals surface area contributed by atoms with Crippen molar-refractivity contribution in [3.63, 3.8) is 0 Å².